The van der Waals surface area contributed by atoms with Crippen LogP contribution in [-0.2, 0) is 9.59 Å². The summed E-state index contributed by atoms with van der Waals surface area (Å²) in [5, 5.41) is 11.6. The van der Waals surface area contributed by atoms with E-state index in [-0.39, 0.29) is 23.8 Å². The summed E-state index contributed by atoms with van der Waals surface area (Å²) in [5.41, 5.74) is 1.22. The molecule has 1 saturated carbocycles. The van der Waals surface area contributed by atoms with E-state index in [1.807, 2.05) is 17.0 Å². The number of carboxylic acid groups (broad SMARTS) is 1. The second-order valence-corrected chi connectivity index (χ2v) is 7.30. The Bertz CT molecular complexity index is 810. The Balaban J connectivity index is 1.60. The van der Waals surface area contributed by atoms with Crippen LogP contribution < -0.4 is 0 Å². The van der Waals surface area contributed by atoms with Crippen LogP contribution in [0.3, 0.4) is 0 Å². The first-order valence-electron chi connectivity index (χ1n) is 9.16. The average Bonchev–Trinajstić information content (AvgIpc) is 3.30. The highest BCUT2D eigenvalue weighted by Gasteiger charge is 2.39. The van der Waals surface area contributed by atoms with Gasteiger partial charge in [0.25, 0.3) is 0 Å². The third kappa shape index (κ3) is 2.90. The molecule has 0 bridgehead atoms. The molecular formula is C21H23NO3. The normalized spacial score (nSPS) is 26.2. The van der Waals surface area contributed by atoms with Crippen molar-refractivity contribution in [1.82, 2.24) is 4.90 Å². The van der Waals surface area contributed by atoms with E-state index in [4.69, 9.17) is 0 Å². The van der Waals surface area contributed by atoms with Crippen LogP contribution in [0.1, 0.15) is 43.7 Å². The lowest BCUT2D eigenvalue weighted by Crippen LogP contribution is -2.35. The second kappa shape index (κ2) is 6.51. The van der Waals surface area contributed by atoms with Gasteiger partial charge in [-0.3, -0.25) is 9.59 Å². The first-order chi connectivity index (χ1) is 12.1. The highest BCUT2D eigenvalue weighted by molar-refractivity contribution is 5.87. The van der Waals surface area contributed by atoms with E-state index in [1.54, 1.807) is 0 Å². The van der Waals surface area contributed by atoms with Crippen LogP contribution in [0.25, 0.3) is 10.8 Å². The number of carbonyl (C=O) groups excluding carboxylic acids is 1. The number of likely N-dealkylation sites (tertiary alicyclic amines) is 1. The summed E-state index contributed by atoms with van der Waals surface area (Å²) in [5.74, 6) is -1.09. The maximum Gasteiger partial charge on any atom is 0.306 e. The van der Waals surface area contributed by atoms with Gasteiger partial charge in [0.1, 0.15) is 0 Å². The summed E-state index contributed by atoms with van der Waals surface area (Å²) < 4.78 is 0. The van der Waals surface area contributed by atoms with Gasteiger partial charge in [0.05, 0.1) is 12.0 Å². The number of hydrogen-bond acceptors (Lipinski definition) is 2. The number of rotatable bonds is 3. The fraction of sp³-hybridized carbons (Fsp3) is 0.429. The van der Waals surface area contributed by atoms with Crippen LogP contribution in [-0.4, -0.2) is 28.4 Å². The standard InChI is InChI=1S/C21H23NO3/c23-20(15-10-11-16(13-15)21(24)25)22-12-4-9-19(22)18-8-3-6-14-5-1-2-7-17(14)18/h1-3,5-8,15-16,19H,4,9-13H2,(H,24,25)/t15-,16+,19?/m0/s1. The van der Waals surface area contributed by atoms with Crippen LogP contribution in [0.2, 0.25) is 0 Å². The number of carbonyl (C=O) groups is 2. The van der Waals surface area contributed by atoms with Gasteiger partial charge in [0.15, 0.2) is 0 Å². The van der Waals surface area contributed by atoms with Crippen molar-refractivity contribution >= 4 is 22.6 Å². The molecule has 25 heavy (non-hydrogen) atoms. The quantitative estimate of drug-likeness (QED) is 0.921. The van der Waals surface area contributed by atoms with Crippen LogP contribution in [0.15, 0.2) is 42.5 Å². The molecule has 1 amide bonds. The number of nitrogens with zero attached hydrogens (tertiary/aromatic N) is 1. The number of aliphatic carboxylic acids is 1. The first kappa shape index (κ1) is 16.1. The minimum atomic E-state index is -0.762. The summed E-state index contributed by atoms with van der Waals surface area (Å²) >= 11 is 0. The molecule has 4 nitrogen and oxygen atoms in total. The third-order valence-corrected chi connectivity index (χ3v) is 5.85. The molecule has 130 valence electrons. The van der Waals surface area contributed by atoms with Gasteiger partial charge in [-0.25, -0.2) is 0 Å². The van der Waals surface area contributed by atoms with E-state index in [9.17, 15) is 14.7 Å². The van der Waals surface area contributed by atoms with Gasteiger partial charge in [-0.2, -0.15) is 0 Å². The molecule has 4 rings (SSSR count). The summed E-state index contributed by atoms with van der Waals surface area (Å²) in [6, 6.07) is 14.7. The molecule has 1 unspecified atom stereocenters. The molecule has 1 aliphatic carbocycles. The maximum atomic E-state index is 13.1. The smallest absolute Gasteiger partial charge is 0.306 e. The summed E-state index contributed by atoms with van der Waals surface area (Å²) in [6.07, 6.45) is 3.81. The molecule has 0 radical (unpaired) electrons. The van der Waals surface area contributed by atoms with Crippen LogP contribution >= 0.6 is 0 Å². The van der Waals surface area contributed by atoms with Gasteiger partial charge in [-0.05, 0) is 48.4 Å². The van der Waals surface area contributed by atoms with E-state index < -0.39 is 5.97 Å². The third-order valence-electron chi connectivity index (χ3n) is 5.85. The van der Waals surface area contributed by atoms with E-state index in [1.165, 1.54) is 16.3 Å². The molecule has 2 aromatic rings. The Kier molecular flexibility index (Phi) is 4.20. The highest BCUT2D eigenvalue weighted by Crippen LogP contribution is 2.40. The predicted molar refractivity (Wildman–Crippen MR) is 96.1 cm³/mol. The van der Waals surface area contributed by atoms with Crippen molar-refractivity contribution in [3.63, 3.8) is 0 Å². The van der Waals surface area contributed by atoms with Gasteiger partial charge >= 0.3 is 5.97 Å². The Morgan fingerprint density at radius 2 is 1.72 bits per heavy atom. The molecule has 4 heteroatoms. The van der Waals surface area contributed by atoms with Crippen LogP contribution in [0.5, 0.6) is 0 Å². The lowest BCUT2D eigenvalue weighted by atomic mass is 9.96. The number of carboxylic acids is 1. The molecular weight excluding hydrogens is 314 g/mol. The largest absolute Gasteiger partial charge is 0.481 e. The Morgan fingerprint density at radius 3 is 2.52 bits per heavy atom. The molecule has 0 spiro atoms. The molecule has 3 atom stereocenters. The van der Waals surface area contributed by atoms with Crippen molar-refractivity contribution in [2.24, 2.45) is 11.8 Å². The van der Waals surface area contributed by atoms with Gasteiger partial charge in [0.2, 0.25) is 5.91 Å². The van der Waals surface area contributed by atoms with Gasteiger partial charge < -0.3 is 10.0 Å². The minimum Gasteiger partial charge on any atom is -0.481 e. The number of fused-ring (bicyclic) bond motifs is 1. The minimum absolute atomic E-state index is 0.113. The SMILES string of the molecule is O=C(O)[C@@H]1CC[C@H](C(=O)N2CCCC2c2cccc3ccccc23)C1. The Hall–Kier alpha value is -2.36. The second-order valence-electron chi connectivity index (χ2n) is 7.30. The molecule has 2 aliphatic rings. The monoisotopic (exact) mass is 337 g/mol. The first-order valence-corrected chi connectivity index (χ1v) is 9.16. The van der Waals surface area contributed by atoms with E-state index in [0.717, 1.165) is 19.4 Å². The van der Waals surface area contributed by atoms with E-state index in [0.29, 0.717) is 19.3 Å². The molecule has 2 aromatic carbocycles. The number of benzene rings is 2. The molecule has 1 N–H and O–H groups in total. The fourth-order valence-electron chi connectivity index (χ4n) is 4.56. The van der Waals surface area contributed by atoms with Crippen molar-refractivity contribution in [2.45, 2.75) is 38.1 Å². The highest BCUT2D eigenvalue weighted by atomic mass is 16.4. The van der Waals surface area contributed by atoms with Crippen molar-refractivity contribution in [1.29, 1.82) is 0 Å². The zero-order chi connectivity index (χ0) is 17.4. The summed E-state index contributed by atoms with van der Waals surface area (Å²) in [6.45, 7) is 0.779. The number of amides is 1. The molecule has 1 saturated heterocycles. The molecule has 1 aliphatic heterocycles. The predicted octanol–water partition coefficient (Wildman–Crippen LogP) is 4.00. The lowest BCUT2D eigenvalue weighted by molar-refractivity contribution is -0.141. The van der Waals surface area contributed by atoms with Crippen molar-refractivity contribution in [2.75, 3.05) is 6.54 Å². The van der Waals surface area contributed by atoms with Gasteiger partial charge in [0, 0.05) is 12.5 Å². The van der Waals surface area contributed by atoms with Crippen molar-refractivity contribution < 1.29 is 14.7 Å². The molecule has 0 aromatic heterocycles. The van der Waals surface area contributed by atoms with E-state index >= 15 is 0 Å². The van der Waals surface area contributed by atoms with E-state index in [2.05, 4.69) is 30.3 Å². The lowest BCUT2D eigenvalue weighted by Gasteiger charge is -2.28. The van der Waals surface area contributed by atoms with Gasteiger partial charge in [-0.15, -0.1) is 0 Å². The zero-order valence-electron chi connectivity index (χ0n) is 14.2. The van der Waals surface area contributed by atoms with Crippen LogP contribution in [0.4, 0.5) is 0 Å². The Labute approximate surface area is 147 Å². The summed E-state index contributed by atoms with van der Waals surface area (Å²) in [7, 11) is 0. The van der Waals surface area contributed by atoms with Gasteiger partial charge in [-0.1, -0.05) is 42.5 Å². The van der Waals surface area contributed by atoms with Crippen molar-refractivity contribution in [3.05, 3.63) is 48.0 Å². The fourth-order valence-corrected chi connectivity index (χ4v) is 4.56. The topological polar surface area (TPSA) is 57.6 Å². The average molecular weight is 337 g/mol. The molecule has 1 heterocycles. The zero-order valence-corrected chi connectivity index (χ0v) is 14.2. The van der Waals surface area contributed by atoms with Crippen LogP contribution in [0, 0.1) is 11.8 Å². The maximum absolute atomic E-state index is 13.1. The number of hydrogen-bond donors (Lipinski definition) is 1. The summed E-state index contributed by atoms with van der Waals surface area (Å²) in [4.78, 5) is 26.3. The molecule has 2 fully saturated rings. The van der Waals surface area contributed by atoms with Crippen molar-refractivity contribution in [3.8, 4) is 0 Å². The Morgan fingerprint density at radius 1 is 0.960 bits per heavy atom.